The molecule has 5 heteroatoms. The smallest absolute Gasteiger partial charge is 0.310 e. The molecular formula is C16H22N2O3. The van der Waals surface area contributed by atoms with Crippen LogP contribution in [0.4, 0.5) is 0 Å². The van der Waals surface area contributed by atoms with Gasteiger partial charge < -0.3 is 10.8 Å². The highest BCUT2D eigenvalue weighted by Crippen LogP contribution is 2.20. The van der Waals surface area contributed by atoms with Crippen molar-refractivity contribution in [3.05, 3.63) is 35.4 Å². The molecule has 0 spiro atoms. The third kappa shape index (κ3) is 4.04. The summed E-state index contributed by atoms with van der Waals surface area (Å²) in [5, 5.41) is 8.99. The van der Waals surface area contributed by atoms with Crippen molar-refractivity contribution >= 4 is 11.9 Å². The Morgan fingerprint density at radius 2 is 2.05 bits per heavy atom. The molecule has 0 aliphatic carbocycles. The molecule has 21 heavy (non-hydrogen) atoms. The van der Waals surface area contributed by atoms with Crippen LogP contribution in [-0.4, -0.2) is 35.0 Å². The van der Waals surface area contributed by atoms with E-state index in [0.717, 1.165) is 37.1 Å². The fourth-order valence-electron chi connectivity index (χ4n) is 2.74. The van der Waals surface area contributed by atoms with E-state index in [4.69, 9.17) is 10.8 Å². The average molecular weight is 290 g/mol. The van der Waals surface area contributed by atoms with E-state index >= 15 is 0 Å². The van der Waals surface area contributed by atoms with E-state index in [9.17, 15) is 9.59 Å². The summed E-state index contributed by atoms with van der Waals surface area (Å²) >= 11 is 0. The Kier molecular flexibility index (Phi) is 4.96. The number of carboxylic acid groups (broad SMARTS) is 1. The lowest BCUT2D eigenvalue weighted by Gasteiger charge is -2.31. The first-order valence-corrected chi connectivity index (χ1v) is 7.30. The third-order valence-electron chi connectivity index (χ3n) is 4.16. The lowest BCUT2D eigenvalue weighted by molar-refractivity contribution is -0.138. The number of carboxylic acids is 1. The highest BCUT2D eigenvalue weighted by molar-refractivity contribution is 5.77. The first-order chi connectivity index (χ1) is 9.97. The molecule has 1 heterocycles. The lowest BCUT2D eigenvalue weighted by atomic mass is 9.96. The Labute approximate surface area is 124 Å². The zero-order valence-electron chi connectivity index (χ0n) is 12.3. The standard InChI is InChI=1S/C16H22N2O3/c1-11(16(20)21)13-6-4-12(5-7-13)9-18-8-2-3-14(10-18)15(17)19/h4-7,11,14H,2-3,8-10H2,1H3,(H2,17,19)(H,20,21). The molecule has 5 nitrogen and oxygen atoms in total. The van der Waals surface area contributed by atoms with Gasteiger partial charge in [-0.1, -0.05) is 24.3 Å². The number of hydrogen-bond donors (Lipinski definition) is 2. The molecule has 2 atom stereocenters. The lowest BCUT2D eigenvalue weighted by Crippen LogP contribution is -2.40. The molecule has 1 aliphatic heterocycles. The molecule has 114 valence electrons. The van der Waals surface area contributed by atoms with Crippen LogP contribution in [0.15, 0.2) is 24.3 Å². The summed E-state index contributed by atoms with van der Waals surface area (Å²) in [6, 6.07) is 7.65. The van der Waals surface area contributed by atoms with Crippen LogP contribution in [0.3, 0.4) is 0 Å². The molecular weight excluding hydrogens is 268 g/mol. The number of hydrogen-bond acceptors (Lipinski definition) is 3. The zero-order valence-corrected chi connectivity index (χ0v) is 12.3. The van der Waals surface area contributed by atoms with Gasteiger partial charge in [0.1, 0.15) is 0 Å². The number of carbonyl (C=O) groups excluding carboxylic acids is 1. The van der Waals surface area contributed by atoms with Crippen molar-refractivity contribution in [2.24, 2.45) is 11.7 Å². The van der Waals surface area contributed by atoms with Gasteiger partial charge in [0.15, 0.2) is 0 Å². The number of carbonyl (C=O) groups is 2. The van der Waals surface area contributed by atoms with Crippen LogP contribution in [0, 0.1) is 5.92 Å². The minimum Gasteiger partial charge on any atom is -0.481 e. The molecule has 1 fully saturated rings. The van der Waals surface area contributed by atoms with Gasteiger partial charge in [-0.25, -0.2) is 0 Å². The normalized spacial score (nSPS) is 20.9. The monoisotopic (exact) mass is 290 g/mol. The van der Waals surface area contributed by atoms with Gasteiger partial charge in [-0.05, 0) is 37.4 Å². The predicted molar refractivity (Wildman–Crippen MR) is 79.7 cm³/mol. The summed E-state index contributed by atoms with van der Waals surface area (Å²) in [4.78, 5) is 24.5. The van der Waals surface area contributed by atoms with Crippen LogP contribution in [0.5, 0.6) is 0 Å². The first kappa shape index (κ1) is 15.5. The number of rotatable bonds is 5. The SMILES string of the molecule is CC(C(=O)O)c1ccc(CN2CCCC(C(N)=O)C2)cc1. The number of nitrogens with two attached hydrogens (primary N) is 1. The largest absolute Gasteiger partial charge is 0.481 e. The van der Waals surface area contributed by atoms with E-state index in [0.29, 0.717) is 6.54 Å². The molecule has 1 aromatic rings. The number of primary amides is 1. The number of likely N-dealkylation sites (tertiary alicyclic amines) is 1. The molecule has 0 saturated carbocycles. The van der Waals surface area contributed by atoms with E-state index < -0.39 is 11.9 Å². The molecule has 0 bridgehead atoms. The molecule has 0 aromatic heterocycles. The minimum absolute atomic E-state index is 0.0509. The predicted octanol–water partition coefficient (Wildman–Crippen LogP) is 1.57. The van der Waals surface area contributed by atoms with Crippen molar-refractivity contribution in [2.75, 3.05) is 13.1 Å². The van der Waals surface area contributed by atoms with Crippen LogP contribution in [0.25, 0.3) is 0 Å². The van der Waals surface area contributed by atoms with Crippen LogP contribution in [0.1, 0.15) is 36.8 Å². The van der Waals surface area contributed by atoms with Crippen molar-refractivity contribution in [3.63, 3.8) is 0 Å². The number of amides is 1. The molecule has 2 unspecified atom stereocenters. The number of aliphatic carboxylic acids is 1. The molecule has 1 aromatic carbocycles. The second-order valence-corrected chi connectivity index (χ2v) is 5.78. The maximum absolute atomic E-state index is 11.3. The third-order valence-corrected chi connectivity index (χ3v) is 4.16. The quantitative estimate of drug-likeness (QED) is 0.862. The average Bonchev–Trinajstić information content (AvgIpc) is 2.47. The van der Waals surface area contributed by atoms with Gasteiger partial charge in [0.25, 0.3) is 0 Å². The molecule has 0 radical (unpaired) electrons. The number of piperidine rings is 1. The summed E-state index contributed by atoms with van der Waals surface area (Å²) < 4.78 is 0. The van der Waals surface area contributed by atoms with Gasteiger partial charge >= 0.3 is 5.97 Å². The van der Waals surface area contributed by atoms with E-state index in [1.54, 1.807) is 6.92 Å². The van der Waals surface area contributed by atoms with E-state index in [2.05, 4.69) is 4.90 Å². The van der Waals surface area contributed by atoms with Gasteiger partial charge in [-0.3, -0.25) is 14.5 Å². The fraction of sp³-hybridized carbons (Fsp3) is 0.500. The Bertz CT molecular complexity index is 513. The second-order valence-electron chi connectivity index (χ2n) is 5.78. The maximum atomic E-state index is 11.3. The number of benzene rings is 1. The van der Waals surface area contributed by atoms with Crippen molar-refractivity contribution in [1.82, 2.24) is 4.90 Å². The second kappa shape index (κ2) is 6.72. The first-order valence-electron chi connectivity index (χ1n) is 7.30. The van der Waals surface area contributed by atoms with Crippen LogP contribution < -0.4 is 5.73 Å². The van der Waals surface area contributed by atoms with Crippen molar-refractivity contribution < 1.29 is 14.7 Å². The molecule has 1 amide bonds. The van der Waals surface area contributed by atoms with E-state index in [-0.39, 0.29) is 11.8 Å². The Morgan fingerprint density at radius 3 is 2.62 bits per heavy atom. The fourth-order valence-corrected chi connectivity index (χ4v) is 2.74. The van der Waals surface area contributed by atoms with Crippen molar-refractivity contribution in [1.29, 1.82) is 0 Å². The Balaban J connectivity index is 1.97. The van der Waals surface area contributed by atoms with Crippen LogP contribution >= 0.6 is 0 Å². The van der Waals surface area contributed by atoms with Gasteiger partial charge in [0, 0.05) is 13.1 Å². The van der Waals surface area contributed by atoms with Crippen LogP contribution in [0.2, 0.25) is 0 Å². The summed E-state index contributed by atoms with van der Waals surface area (Å²) in [6.45, 7) is 4.13. The van der Waals surface area contributed by atoms with Crippen LogP contribution in [-0.2, 0) is 16.1 Å². The number of nitrogens with zero attached hydrogens (tertiary/aromatic N) is 1. The van der Waals surface area contributed by atoms with Gasteiger partial charge in [0.2, 0.25) is 5.91 Å². The summed E-state index contributed by atoms with van der Waals surface area (Å²) in [5.74, 6) is -1.58. The van der Waals surface area contributed by atoms with E-state index in [1.807, 2.05) is 24.3 Å². The minimum atomic E-state index is -0.817. The molecule has 1 aliphatic rings. The summed E-state index contributed by atoms with van der Waals surface area (Å²) in [6.07, 6.45) is 1.86. The van der Waals surface area contributed by atoms with Crippen molar-refractivity contribution in [3.8, 4) is 0 Å². The Morgan fingerprint density at radius 1 is 1.38 bits per heavy atom. The molecule has 2 rings (SSSR count). The van der Waals surface area contributed by atoms with Crippen molar-refractivity contribution in [2.45, 2.75) is 32.2 Å². The van der Waals surface area contributed by atoms with E-state index in [1.165, 1.54) is 0 Å². The topological polar surface area (TPSA) is 83.6 Å². The highest BCUT2D eigenvalue weighted by atomic mass is 16.4. The van der Waals surface area contributed by atoms with Gasteiger partial charge in [0.05, 0.1) is 11.8 Å². The Hall–Kier alpha value is -1.88. The summed E-state index contributed by atoms with van der Waals surface area (Å²) in [7, 11) is 0. The zero-order chi connectivity index (χ0) is 15.4. The molecule has 3 N–H and O–H groups in total. The van der Waals surface area contributed by atoms with Gasteiger partial charge in [-0.2, -0.15) is 0 Å². The summed E-state index contributed by atoms with van der Waals surface area (Å²) in [5.41, 5.74) is 7.31. The maximum Gasteiger partial charge on any atom is 0.310 e. The van der Waals surface area contributed by atoms with Gasteiger partial charge in [-0.15, -0.1) is 0 Å². The molecule has 1 saturated heterocycles. The highest BCUT2D eigenvalue weighted by Gasteiger charge is 2.23.